The Morgan fingerprint density at radius 3 is 1.03 bits per heavy atom. The van der Waals surface area contributed by atoms with Crippen molar-refractivity contribution in [3.8, 4) is 0 Å². The number of unbranched alkanes of at least 4 members (excludes halogenated alkanes) is 18. The maximum atomic E-state index is 12.3. The molecule has 0 spiro atoms. The van der Waals surface area contributed by atoms with Gasteiger partial charge in [0.1, 0.15) is 6.61 Å². The molecule has 0 saturated carbocycles. The Balaban J connectivity index is 3.56. The molecule has 5 nitrogen and oxygen atoms in total. The van der Waals surface area contributed by atoms with E-state index in [1.54, 1.807) is 0 Å². The molecule has 0 aliphatic heterocycles. The van der Waals surface area contributed by atoms with E-state index in [2.05, 4.69) is 111 Å². The zero-order valence-electron chi connectivity index (χ0n) is 37.5. The number of hydrogen-bond donors (Lipinski definition) is 1. The summed E-state index contributed by atoms with van der Waals surface area (Å²) in [6.45, 7) is 3.90. The number of allylic oxidation sites excluding steroid dienone is 16. The number of hydrogen-bond acceptors (Lipinski definition) is 5. The van der Waals surface area contributed by atoms with Crippen molar-refractivity contribution in [3.63, 3.8) is 0 Å². The van der Waals surface area contributed by atoms with Crippen LogP contribution in [0.5, 0.6) is 0 Å². The molecule has 0 bridgehead atoms. The average molecular weight is 805 g/mol. The lowest BCUT2D eigenvalue weighted by Crippen LogP contribution is -2.28. The van der Waals surface area contributed by atoms with E-state index in [9.17, 15) is 14.7 Å². The van der Waals surface area contributed by atoms with Crippen molar-refractivity contribution >= 4 is 11.9 Å². The molecule has 1 unspecified atom stereocenters. The minimum absolute atomic E-state index is 0.0790. The van der Waals surface area contributed by atoms with E-state index in [1.165, 1.54) is 83.5 Å². The van der Waals surface area contributed by atoms with Gasteiger partial charge in [-0.15, -0.1) is 0 Å². The second-order valence-electron chi connectivity index (χ2n) is 15.4. The van der Waals surface area contributed by atoms with Gasteiger partial charge in [0.25, 0.3) is 0 Å². The minimum Gasteiger partial charge on any atom is -0.462 e. The van der Waals surface area contributed by atoms with Crippen molar-refractivity contribution in [1.29, 1.82) is 0 Å². The summed E-state index contributed by atoms with van der Waals surface area (Å²) in [5.41, 5.74) is 0. The first kappa shape index (κ1) is 54.8. The van der Waals surface area contributed by atoms with Crippen molar-refractivity contribution < 1.29 is 24.2 Å². The maximum absolute atomic E-state index is 12.3. The monoisotopic (exact) mass is 805 g/mol. The molecule has 0 fully saturated rings. The number of aliphatic hydroxyl groups is 1. The van der Waals surface area contributed by atoms with Gasteiger partial charge in [-0.25, -0.2) is 0 Å². The molecule has 5 heteroatoms. The van der Waals surface area contributed by atoms with Gasteiger partial charge in [-0.2, -0.15) is 0 Å². The van der Waals surface area contributed by atoms with Gasteiger partial charge < -0.3 is 14.6 Å². The first-order valence-corrected chi connectivity index (χ1v) is 23.8. The van der Waals surface area contributed by atoms with E-state index >= 15 is 0 Å². The van der Waals surface area contributed by atoms with E-state index in [4.69, 9.17) is 9.47 Å². The number of carbonyl (C=O) groups is 2. The van der Waals surface area contributed by atoms with Gasteiger partial charge in [0.2, 0.25) is 0 Å². The number of esters is 2. The Bertz CT molecular complexity index is 1140. The molecule has 0 amide bonds. The summed E-state index contributed by atoms with van der Waals surface area (Å²) in [6, 6.07) is 0. The molecule has 0 aromatic heterocycles. The zero-order valence-corrected chi connectivity index (χ0v) is 37.5. The van der Waals surface area contributed by atoms with Gasteiger partial charge >= 0.3 is 11.9 Å². The number of rotatable bonds is 42. The van der Waals surface area contributed by atoms with E-state index < -0.39 is 6.10 Å². The highest BCUT2D eigenvalue weighted by atomic mass is 16.6. The number of carbonyl (C=O) groups excluding carboxylic acids is 2. The molecule has 0 aromatic carbocycles. The molecule has 0 saturated heterocycles. The second-order valence-corrected chi connectivity index (χ2v) is 15.4. The Morgan fingerprint density at radius 1 is 0.397 bits per heavy atom. The number of aliphatic hydroxyl groups excluding tert-OH is 1. The first-order valence-electron chi connectivity index (χ1n) is 23.8. The lowest BCUT2D eigenvalue weighted by atomic mass is 10.0. The van der Waals surface area contributed by atoms with Crippen LogP contribution in [0.15, 0.2) is 97.2 Å². The van der Waals surface area contributed by atoms with E-state index in [0.29, 0.717) is 12.8 Å². The third-order valence-electron chi connectivity index (χ3n) is 9.87. The van der Waals surface area contributed by atoms with Gasteiger partial charge in [-0.1, -0.05) is 201 Å². The highest BCUT2D eigenvalue weighted by molar-refractivity contribution is 5.70. The van der Waals surface area contributed by atoms with Crippen LogP contribution in [0.2, 0.25) is 0 Å². The summed E-state index contributed by atoms with van der Waals surface area (Å²) in [4.78, 5) is 24.4. The minimum atomic E-state index is -0.785. The largest absolute Gasteiger partial charge is 0.462 e. The molecule has 0 aromatic rings. The molecular formula is C53H88O5. The summed E-state index contributed by atoms with van der Waals surface area (Å²) in [5, 5.41) is 9.61. The van der Waals surface area contributed by atoms with Gasteiger partial charge in [0.15, 0.2) is 6.10 Å². The Kier molecular flexibility index (Phi) is 45.5. The fourth-order valence-electron chi connectivity index (χ4n) is 6.36. The zero-order chi connectivity index (χ0) is 42.1. The lowest BCUT2D eigenvalue weighted by Gasteiger charge is -2.15. The normalized spacial score (nSPS) is 13.1. The highest BCUT2D eigenvalue weighted by Crippen LogP contribution is 2.14. The lowest BCUT2D eigenvalue weighted by molar-refractivity contribution is -0.161. The summed E-state index contributed by atoms with van der Waals surface area (Å²) >= 11 is 0. The summed E-state index contributed by atoms with van der Waals surface area (Å²) in [5.74, 6) is -0.613. The quantitative estimate of drug-likeness (QED) is 0.0378. The molecule has 58 heavy (non-hydrogen) atoms. The van der Waals surface area contributed by atoms with E-state index in [-0.39, 0.29) is 25.2 Å². The molecule has 0 radical (unpaired) electrons. The highest BCUT2D eigenvalue weighted by Gasteiger charge is 2.16. The molecule has 0 aliphatic carbocycles. The van der Waals surface area contributed by atoms with Gasteiger partial charge in [0, 0.05) is 12.8 Å². The molecule has 1 N–H and O–H groups in total. The predicted molar refractivity (Wildman–Crippen MR) is 251 cm³/mol. The molecule has 1 atom stereocenters. The Hall–Kier alpha value is -3.18. The topological polar surface area (TPSA) is 72.8 Å². The van der Waals surface area contributed by atoms with Crippen LogP contribution in [0, 0.1) is 0 Å². The van der Waals surface area contributed by atoms with Gasteiger partial charge in [-0.05, 0) is 89.9 Å². The van der Waals surface area contributed by atoms with Crippen LogP contribution in [0.1, 0.15) is 206 Å². The fourth-order valence-corrected chi connectivity index (χ4v) is 6.36. The predicted octanol–water partition coefficient (Wildman–Crippen LogP) is 15.6. The van der Waals surface area contributed by atoms with E-state index in [0.717, 1.165) is 96.3 Å². The first-order chi connectivity index (χ1) is 28.6. The standard InChI is InChI=1S/C53H88O5/c1-3-5-7-9-11-13-15-17-19-21-23-24-25-26-27-28-30-32-34-36-38-40-42-44-46-48-53(56)58-51(49-54)50-57-52(55)47-45-43-41-39-37-35-33-31-29-22-20-18-16-14-12-10-8-6-4-2/h5-8,11-14,17-20,23-24,29,31,51,54H,3-4,9-10,15-16,21-22,25-28,30,32-50H2,1-2H3/b7-5-,8-6-,13-11-,14-12-,19-17-,20-18-,24-23-,31-29-. The van der Waals surface area contributed by atoms with Crippen LogP contribution < -0.4 is 0 Å². The average Bonchev–Trinajstić information content (AvgIpc) is 3.23. The fraction of sp³-hybridized carbons (Fsp3) is 0.660. The maximum Gasteiger partial charge on any atom is 0.306 e. The molecule has 330 valence electrons. The molecule has 0 heterocycles. The van der Waals surface area contributed by atoms with Crippen LogP contribution in [0.4, 0.5) is 0 Å². The van der Waals surface area contributed by atoms with Crippen molar-refractivity contribution in [1.82, 2.24) is 0 Å². The SMILES string of the molecule is CC/C=C\C/C=C\C/C=C\C/C=C\CCCCCCCCCCCCCCC(=O)OC(CO)COC(=O)CCCCCCCC/C=C\C/C=C\C/C=C\C/C=C\CC. The smallest absolute Gasteiger partial charge is 0.306 e. The van der Waals surface area contributed by atoms with Crippen LogP contribution in [-0.4, -0.2) is 36.4 Å². The van der Waals surface area contributed by atoms with Gasteiger partial charge in [0.05, 0.1) is 6.61 Å². The summed E-state index contributed by atoms with van der Waals surface area (Å²) in [7, 11) is 0. The molecular weight excluding hydrogens is 717 g/mol. The van der Waals surface area contributed by atoms with Gasteiger partial charge in [-0.3, -0.25) is 9.59 Å². The summed E-state index contributed by atoms with van der Waals surface area (Å²) in [6.07, 6.45) is 67.7. The van der Waals surface area contributed by atoms with Crippen molar-refractivity contribution in [2.75, 3.05) is 13.2 Å². The Morgan fingerprint density at radius 2 is 0.690 bits per heavy atom. The van der Waals surface area contributed by atoms with Crippen LogP contribution in [0.3, 0.4) is 0 Å². The Labute approximate surface area is 358 Å². The van der Waals surface area contributed by atoms with Crippen LogP contribution >= 0.6 is 0 Å². The van der Waals surface area contributed by atoms with Crippen LogP contribution in [0.25, 0.3) is 0 Å². The second kappa shape index (κ2) is 48.2. The van der Waals surface area contributed by atoms with Crippen molar-refractivity contribution in [2.45, 2.75) is 213 Å². The van der Waals surface area contributed by atoms with Crippen molar-refractivity contribution in [2.24, 2.45) is 0 Å². The number of ether oxygens (including phenoxy) is 2. The molecule has 0 aliphatic rings. The van der Waals surface area contributed by atoms with E-state index in [1.807, 2.05) is 0 Å². The third-order valence-corrected chi connectivity index (χ3v) is 9.87. The third kappa shape index (κ3) is 45.5. The van der Waals surface area contributed by atoms with Crippen LogP contribution in [-0.2, 0) is 19.1 Å². The van der Waals surface area contributed by atoms with Crippen molar-refractivity contribution in [3.05, 3.63) is 97.2 Å². The summed E-state index contributed by atoms with van der Waals surface area (Å²) < 4.78 is 10.7. The molecule has 0 rings (SSSR count).